The zero-order valence-corrected chi connectivity index (χ0v) is 21.2. The fourth-order valence-electron chi connectivity index (χ4n) is 3.36. The molecule has 1 aromatic carbocycles. The molecule has 35 heavy (non-hydrogen) atoms. The summed E-state index contributed by atoms with van der Waals surface area (Å²) in [7, 11) is 0. The molecule has 0 fully saturated rings. The summed E-state index contributed by atoms with van der Waals surface area (Å²) < 4.78 is 5.56. The fraction of sp³-hybridized carbons (Fsp3) is 0.462. The Kier molecular flexibility index (Phi) is 10.1. The van der Waals surface area contributed by atoms with Crippen LogP contribution in [-0.4, -0.2) is 58.1 Å². The number of rotatable bonds is 12. The Morgan fingerprint density at radius 2 is 1.66 bits per heavy atom. The van der Waals surface area contributed by atoms with E-state index in [0.717, 1.165) is 19.3 Å². The number of nitrogens with one attached hydrogen (secondary N) is 1. The Labute approximate surface area is 207 Å². The molecule has 1 aromatic heterocycles. The summed E-state index contributed by atoms with van der Waals surface area (Å²) in [6.45, 7) is 10.6. The summed E-state index contributed by atoms with van der Waals surface area (Å²) in [6, 6.07) is 9.65. The van der Waals surface area contributed by atoms with Gasteiger partial charge in [-0.2, -0.15) is 0 Å². The third-order valence-corrected chi connectivity index (χ3v) is 5.56. The summed E-state index contributed by atoms with van der Waals surface area (Å²) in [5.41, 5.74) is -0.261. The summed E-state index contributed by atoms with van der Waals surface area (Å²) >= 11 is 0. The minimum atomic E-state index is -1.37. The monoisotopic (exact) mass is 484 g/mol. The predicted molar refractivity (Wildman–Crippen MR) is 136 cm³/mol. The molecule has 190 valence electrons. The molecule has 0 spiro atoms. The van der Waals surface area contributed by atoms with Crippen LogP contribution in [0.3, 0.4) is 0 Å². The molecule has 0 saturated heterocycles. The van der Waals surface area contributed by atoms with Crippen molar-refractivity contribution in [3.8, 4) is 5.75 Å². The molecule has 2 aromatic rings. The van der Waals surface area contributed by atoms with Crippen LogP contribution < -0.4 is 15.0 Å². The average Bonchev–Trinajstić information content (AvgIpc) is 2.83. The van der Waals surface area contributed by atoms with Crippen molar-refractivity contribution in [3.63, 3.8) is 0 Å². The fourth-order valence-corrected chi connectivity index (χ4v) is 3.36. The van der Waals surface area contributed by atoms with E-state index >= 15 is 0 Å². The molecule has 2 rings (SSSR count). The summed E-state index contributed by atoms with van der Waals surface area (Å²) in [6.07, 6.45) is 4.27. The smallest absolute Gasteiger partial charge is 0.347 e. The number of aliphatic carboxylic acids is 1. The number of amides is 3. The molecule has 0 saturated carbocycles. The molecule has 9 nitrogen and oxygen atoms in total. The first-order valence-corrected chi connectivity index (χ1v) is 12.0. The number of anilines is 2. The van der Waals surface area contributed by atoms with E-state index in [0.29, 0.717) is 42.5 Å². The predicted octanol–water partition coefficient (Wildman–Crippen LogP) is 5.03. The second-order valence-electron chi connectivity index (χ2n) is 8.61. The van der Waals surface area contributed by atoms with Gasteiger partial charge in [-0.1, -0.05) is 19.8 Å². The maximum absolute atomic E-state index is 13.1. The van der Waals surface area contributed by atoms with E-state index in [4.69, 9.17) is 4.74 Å². The first kappa shape index (κ1) is 27.6. The van der Waals surface area contributed by atoms with Crippen LogP contribution in [0.25, 0.3) is 0 Å². The highest BCUT2D eigenvalue weighted by Gasteiger charge is 2.29. The maximum atomic E-state index is 13.1. The lowest BCUT2D eigenvalue weighted by Crippen LogP contribution is -2.38. The summed E-state index contributed by atoms with van der Waals surface area (Å²) in [4.78, 5) is 44.5. The standard InChI is InChI=1S/C26H36N4O5/c1-6-9-10-17-30(20-12-14-21(15-13-20)35-26(4,5)24(32)33)25(34)28-22-16-11-19(18-27-22)23(31)29(7-2)8-3/h11-16,18H,6-10,17H2,1-5H3,(H,32,33)(H,27,28,34). The van der Waals surface area contributed by atoms with Crippen LogP contribution in [0.1, 0.15) is 64.2 Å². The van der Waals surface area contributed by atoms with E-state index in [-0.39, 0.29) is 11.9 Å². The van der Waals surface area contributed by atoms with Crippen molar-refractivity contribution in [2.45, 2.75) is 59.5 Å². The quantitative estimate of drug-likeness (QED) is 0.409. The lowest BCUT2D eigenvalue weighted by molar-refractivity contribution is -0.152. The van der Waals surface area contributed by atoms with E-state index in [1.165, 1.54) is 20.0 Å². The molecule has 0 aliphatic heterocycles. The minimum Gasteiger partial charge on any atom is -0.478 e. The number of benzene rings is 1. The van der Waals surface area contributed by atoms with E-state index in [1.54, 1.807) is 46.2 Å². The van der Waals surface area contributed by atoms with Crippen LogP contribution in [0.4, 0.5) is 16.3 Å². The molecule has 1 heterocycles. The lowest BCUT2D eigenvalue weighted by atomic mass is 10.1. The Morgan fingerprint density at radius 1 is 1.00 bits per heavy atom. The van der Waals surface area contributed by atoms with Crippen LogP contribution >= 0.6 is 0 Å². The minimum absolute atomic E-state index is 0.102. The highest BCUT2D eigenvalue weighted by atomic mass is 16.5. The molecule has 0 unspecified atom stereocenters. The molecule has 0 aliphatic carbocycles. The Balaban J connectivity index is 2.16. The van der Waals surface area contributed by atoms with Crippen LogP contribution in [0.2, 0.25) is 0 Å². The molecule has 2 N–H and O–H groups in total. The van der Waals surface area contributed by atoms with Gasteiger partial charge in [0.15, 0.2) is 5.60 Å². The van der Waals surface area contributed by atoms with Gasteiger partial charge in [0.1, 0.15) is 11.6 Å². The summed E-state index contributed by atoms with van der Waals surface area (Å²) in [5.74, 6) is -0.436. The highest BCUT2D eigenvalue weighted by Crippen LogP contribution is 2.24. The van der Waals surface area contributed by atoms with Crippen molar-refractivity contribution >= 4 is 29.4 Å². The number of nitrogens with zero attached hydrogens (tertiary/aromatic N) is 3. The van der Waals surface area contributed by atoms with Gasteiger partial charge in [0.25, 0.3) is 5.91 Å². The number of ether oxygens (including phenoxy) is 1. The Bertz CT molecular complexity index is 986. The first-order valence-electron chi connectivity index (χ1n) is 12.0. The Morgan fingerprint density at radius 3 is 2.17 bits per heavy atom. The number of unbranched alkanes of at least 4 members (excludes halogenated alkanes) is 2. The lowest BCUT2D eigenvalue weighted by Gasteiger charge is -2.25. The first-order chi connectivity index (χ1) is 16.6. The highest BCUT2D eigenvalue weighted by molar-refractivity contribution is 6.01. The van der Waals surface area contributed by atoms with Crippen LogP contribution in [0, 0.1) is 0 Å². The van der Waals surface area contributed by atoms with Crippen molar-refractivity contribution < 1.29 is 24.2 Å². The van der Waals surface area contributed by atoms with Crippen LogP contribution in [-0.2, 0) is 4.79 Å². The van der Waals surface area contributed by atoms with E-state index in [2.05, 4.69) is 17.2 Å². The zero-order valence-electron chi connectivity index (χ0n) is 21.2. The second-order valence-corrected chi connectivity index (χ2v) is 8.61. The number of urea groups is 1. The molecule has 0 aliphatic rings. The number of carbonyl (C=O) groups is 3. The molecule has 0 radical (unpaired) electrons. The molecule has 0 atom stereocenters. The molecular formula is C26H36N4O5. The van der Waals surface area contributed by atoms with E-state index in [1.807, 2.05) is 13.8 Å². The molecule has 9 heteroatoms. The molecular weight excluding hydrogens is 448 g/mol. The van der Waals surface area contributed by atoms with Gasteiger partial charge in [-0.3, -0.25) is 15.0 Å². The van der Waals surface area contributed by atoms with Gasteiger partial charge < -0.3 is 14.7 Å². The number of carboxylic acids is 1. The summed E-state index contributed by atoms with van der Waals surface area (Å²) in [5, 5.41) is 12.1. The zero-order chi connectivity index (χ0) is 26.0. The Hall–Kier alpha value is -3.62. The molecule has 0 bridgehead atoms. The van der Waals surface area contributed by atoms with E-state index < -0.39 is 11.6 Å². The largest absolute Gasteiger partial charge is 0.478 e. The van der Waals surface area contributed by atoms with Crippen molar-refractivity contribution in [3.05, 3.63) is 48.2 Å². The van der Waals surface area contributed by atoms with E-state index in [9.17, 15) is 19.5 Å². The number of carboxylic acid groups (broad SMARTS) is 1. The van der Waals surface area contributed by atoms with Crippen molar-refractivity contribution in [2.24, 2.45) is 0 Å². The van der Waals surface area contributed by atoms with Gasteiger partial charge in [0, 0.05) is 31.5 Å². The van der Waals surface area contributed by atoms with Crippen molar-refractivity contribution in [1.29, 1.82) is 0 Å². The second kappa shape index (κ2) is 12.7. The van der Waals surface area contributed by atoms with Gasteiger partial charge in [-0.15, -0.1) is 0 Å². The third-order valence-electron chi connectivity index (χ3n) is 5.56. The van der Waals surface area contributed by atoms with Gasteiger partial charge in [-0.25, -0.2) is 14.6 Å². The normalized spacial score (nSPS) is 11.0. The third kappa shape index (κ3) is 7.70. The van der Waals surface area contributed by atoms with Gasteiger partial charge in [0.05, 0.1) is 5.56 Å². The van der Waals surface area contributed by atoms with Crippen LogP contribution in [0.15, 0.2) is 42.6 Å². The number of hydrogen-bond donors (Lipinski definition) is 2. The van der Waals surface area contributed by atoms with Gasteiger partial charge >= 0.3 is 12.0 Å². The SMILES string of the molecule is CCCCCN(C(=O)Nc1ccc(C(=O)N(CC)CC)cn1)c1ccc(OC(C)(C)C(=O)O)cc1. The average molecular weight is 485 g/mol. The maximum Gasteiger partial charge on any atom is 0.347 e. The van der Waals surface area contributed by atoms with Gasteiger partial charge in [0.2, 0.25) is 0 Å². The van der Waals surface area contributed by atoms with Gasteiger partial charge in [-0.05, 0) is 70.5 Å². The molecule has 3 amide bonds. The topological polar surface area (TPSA) is 112 Å². The van der Waals surface area contributed by atoms with Crippen molar-refractivity contribution in [2.75, 3.05) is 29.9 Å². The number of pyridine rings is 1. The number of carbonyl (C=O) groups excluding carboxylic acids is 2. The number of hydrogen-bond acceptors (Lipinski definition) is 5. The number of aromatic nitrogens is 1. The van der Waals surface area contributed by atoms with Crippen LogP contribution in [0.5, 0.6) is 5.75 Å². The van der Waals surface area contributed by atoms with Crippen molar-refractivity contribution in [1.82, 2.24) is 9.88 Å².